The smallest absolute Gasteiger partial charge is 0.333 e. The van der Waals surface area contributed by atoms with Crippen LogP contribution in [0.25, 0.3) is 5.65 Å². The Morgan fingerprint density at radius 1 is 1.16 bits per heavy atom. The van der Waals surface area contributed by atoms with E-state index in [0.29, 0.717) is 11.2 Å². The highest BCUT2D eigenvalue weighted by Crippen LogP contribution is 2.30. The van der Waals surface area contributed by atoms with Gasteiger partial charge in [-0.3, -0.25) is 4.79 Å². The monoisotopic (exact) mass is 453 g/mol. The molecular weight excluding hydrogens is 435 g/mol. The van der Waals surface area contributed by atoms with Crippen molar-refractivity contribution in [2.45, 2.75) is 24.0 Å². The fourth-order valence-corrected chi connectivity index (χ4v) is 5.05. The zero-order valence-corrected chi connectivity index (χ0v) is 17.1. The summed E-state index contributed by atoms with van der Waals surface area (Å²) in [5, 5.41) is 4.10. The molecule has 1 aliphatic heterocycles. The molecule has 8 nitrogen and oxygen atoms in total. The second-order valence-electron chi connectivity index (χ2n) is 7.18. The fourth-order valence-electron chi connectivity index (χ4n) is 3.54. The maximum atomic E-state index is 13.0. The lowest BCUT2D eigenvalue weighted by atomic mass is 10.2. The molecule has 0 spiro atoms. The van der Waals surface area contributed by atoms with E-state index >= 15 is 0 Å². The van der Waals surface area contributed by atoms with E-state index in [1.807, 2.05) is 0 Å². The molecule has 4 rings (SSSR count). The molecule has 1 amide bonds. The summed E-state index contributed by atoms with van der Waals surface area (Å²) >= 11 is 0. The van der Waals surface area contributed by atoms with Crippen molar-refractivity contribution in [1.82, 2.24) is 23.8 Å². The van der Waals surface area contributed by atoms with E-state index < -0.39 is 27.8 Å². The lowest BCUT2D eigenvalue weighted by Gasteiger charge is -2.39. The van der Waals surface area contributed by atoms with Crippen LogP contribution in [0, 0.1) is 0 Å². The molecule has 2 aromatic heterocycles. The average Bonchev–Trinajstić information content (AvgIpc) is 3.17. The summed E-state index contributed by atoms with van der Waals surface area (Å²) in [5.41, 5.74) is -0.205. The molecule has 0 unspecified atom stereocenters. The minimum Gasteiger partial charge on any atom is -0.333 e. The van der Waals surface area contributed by atoms with Gasteiger partial charge in [0, 0.05) is 38.1 Å². The number of alkyl halides is 3. The Kier molecular flexibility index (Phi) is 5.21. The first-order valence-corrected chi connectivity index (χ1v) is 10.8. The number of hydrogen-bond donors (Lipinski definition) is 0. The van der Waals surface area contributed by atoms with E-state index in [9.17, 15) is 26.4 Å². The third-order valence-electron chi connectivity index (χ3n) is 5.18. The van der Waals surface area contributed by atoms with E-state index in [0.717, 1.165) is 24.3 Å². The average molecular weight is 453 g/mol. The Bertz CT molecular complexity index is 1220. The van der Waals surface area contributed by atoms with Crippen LogP contribution in [0.4, 0.5) is 13.2 Å². The standard InChI is InChI=1S/C19H18F3N5O3S/c1-13-12-25(31(29,30)15-5-3-14(4-6-15)19(20,21)22)9-10-26(13)18(28)16-11-24-27-8-2-7-23-17(16)27/h2-8,11,13H,9-10,12H2,1H3/t13-/m1/s1. The van der Waals surface area contributed by atoms with E-state index in [4.69, 9.17) is 0 Å². The molecule has 164 valence electrons. The first kappa shape index (κ1) is 21.2. The van der Waals surface area contributed by atoms with E-state index in [1.165, 1.54) is 15.0 Å². The number of nitrogens with zero attached hydrogens (tertiary/aromatic N) is 5. The molecule has 0 saturated carbocycles. The van der Waals surface area contributed by atoms with Crippen molar-refractivity contribution in [3.63, 3.8) is 0 Å². The van der Waals surface area contributed by atoms with E-state index in [-0.39, 0.29) is 30.4 Å². The summed E-state index contributed by atoms with van der Waals surface area (Å²) in [6.45, 7) is 1.88. The van der Waals surface area contributed by atoms with Gasteiger partial charge in [0.15, 0.2) is 5.65 Å². The number of carbonyl (C=O) groups excluding carboxylic acids is 1. The van der Waals surface area contributed by atoms with Gasteiger partial charge < -0.3 is 4.90 Å². The van der Waals surface area contributed by atoms with E-state index in [2.05, 4.69) is 10.1 Å². The molecule has 3 aromatic rings. The van der Waals surface area contributed by atoms with Crippen LogP contribution in [-0.2, 0) is 16.2 Å². The highest BCUT2D eigenvalue weighted by molar-refractivity contribution is 7.89. The van der Waals surface area contributed by atoms with E-state index in [1.54, 1.807) is 30.3 Å². The molecule has 1 aliphatic rings. The van der Waals surface area contributed by atoms with Gasteiger partial charge in [-0.05, 0) is 37.3 Å². The van der Waals surface area contributed by atoms with Crippen LogP contribution in [0.2, 0.25) is 0 Å². The number of sulfonamides is 1. The summed E-state index contributed by atoms with van der Waals surface area (Å²) in [7, 11) is -4.00. The largest absolute Gasteiger partial charge is 0.416 e. The number of hydrogen-bond acceptors (Lipinski definition) is 5. The number of benzene rings is 1. The van der Waals surface area contributed by atoms with Crippen LogP contribution in [0.15, 0.2) is 53.8 Å². The molecule has 1 atom stereocenters. The van der Waals surface area contributed by atoms with Gasteiger partial charge in [0.25, 0.3) is 5.91 Å². The number of halogens is 3. The minimum absolute atomic E-state index is 0.0156. The first-order chi connectivity index (χ1) is 14.6. The zero-order valence-electron chi connectivity index (χ0n) is 16.3. The van der Waals surface area contributed by atoms with Crippen molar-refractivity contribution in [2.75, 3.05) is 19.6 Å². The molecule has 1 saturated heterocycles. The summed E-state index contributed by atoms with van der Waals surface area (Å²) in [6.07, 6.45) is 0.0847. The number of fused-ring (bicyclic) bond motifs is 1. The van der Waals surface area contributed by atoms with Gasteiger partial charge in [0.05, 0.1) is 16.7 Å². The summed E-state index contributed by atoms with van der Waals surface area (Å²) in [4.78, 5) is 18.5. The lowest BCUT2D eigenvalue weighted by molar-refractivity contribution is -0.137. The Balaban J connectivity index is 1.51. The van der Waals surface area contributed by atoms with Crippen molar-refractivity contribution >= 4 is 21.6 Å². The highest BCUT2D eigenvalue weighted by Gasteiger charge is 2.36. The zero-order chi connectivity index (χ0) is 22.4. The summed E-state index contributed by atoms with van der Waals surface area (Å²) in [6, 6.07) is 4.62. The molecule has 0 aliphatic carbocycles. The van der Waals surface area contributed by atoms with Crippen LogP contribution in [0.3, 0.4) is 0 Å². The van der Waals surface area contributed by atoms with Crippen LogP contribution in [-0.4, -0.2) is 63.8 Å². The predicted octanol–water partition coefficient (Wildman–Crippen LogP) is 2.28. The van der Waals surface area contributed by atoms with Crippen LogP contribution in [0.5, 0.6) is 0 Å². The molecule has 31 heavy (non-hydrogen) atoms. The second kappa shape index (κ2) is 7.61. The Hall–Kier alpha value is -2.99. The fraction of sp³-hybridized carbons (Fsp3) is 0.316. The molecule has 1 aromatic carbocycles. The SMILES string of the molecule is C[C@@H]1CN(S(=O)(=O)c2ccc(C(F)(F)F)cc2)CCN1C(=O)c1cnn2cccnc12. The van der Waals surface area contributed by atoms with Gasteiger partial charge in [0.2, 0.25) is 10.0 Å². The number of rotatable bonds is 3. The molecular formula is C19H18F3N5O3S. The molecule has 0 radical (unpaired) electrons. The topological polar surface area (TPSA) is 87.9 Å². The van der Waals surface area contributed by atoms with Gasteiger partial charge >= 0.3 is 6.18 Å². The normalized spacial score (nSPS) is 18.5. The van der Waals surface area contributed by atoms with Crippen LogP contribution in [0.1, 0.15) is 22.8 Å². The van der Waals surface area contributed by atoms with Gasteiger partial charge in [-0.15, -0.1) is 0 Å². The molecule has 12 heteroatoms. The maximum absolute atomic E-state index is 13.0. The van der Waals surface area contributed by atoms with Crippen molar-refractivity contribution in [2.24, 2.45) is 0 Å². The van der Waals surface area contributed by atoms with Crippen molar-refractivity contribution in [3.8, 4) is 0 Å². The third kappa shape index (κ3) is 3.88. The minimum atomic E-state index is -4.55. The Morgan fingerprint density at radius 2 is 1.87 bits per heavy atom. The number of carbonyl (C=O) groups is 1. The van der Waals surface area contributed by atoms with Crippen molar-refractivity contribution in [1.29, 1.82) is 0 Å². The Labute approximate surface area is 176 Å². The van der Waals surface area contributed by atoms with Crippen molar-refractivity contribution < 1.29 is 26.4 Å². The second-order valence-corrected chi connectivity index (χ2v) is 9.12. The van der Waals surface area contributed by atoms with Crippen LogP contribution >= 0.6 is 0 Å². The van der Waals surface area contributed by atoms with Gasteiger partial charge in [-0.25, -0.2) is 17.9 Å². The van der Waals surface area contributed by atoms with Gasteiger partial charge in [-0.2, -0.15) is 22.6 Å². The van der Waals surface area contributed by atoms with Crippen molar-refractivity contribution in [3.05, 3.63) is 60.0 Å². The molecule has 3 heterocycles. The number of piperazine rings is 1. The van der Waals surface area contributed by atoms with Crippen LogP contribution < -0.4 is 0 Å². The summed E-state index contributed by atoms with van der Waals surface area (Å²) in [5.74, 6) is -0.312. The van der Waals surface area contributed by atoms with Gasteiger partial charge in [0.1, 0.15) is 5.56 Å². The quantitative estimate of drug-likeness (QED) is 0.607. The predicted molar refractivity (Wildman–Crippen MR) is 104 cm³/mol. The molecule has 1 fully saturated rings. The number of aromatic nitrogens is 3. The number of amides is 1. The maximum Gasteiger partial charge on any atom is 0.416 e. The Morgan fingerprint density at radius 3 is 2.52 bits per heavy atom. The molecule has 0 N–H and O–H groups in total. The van der Waals surface area contributed by atoms with Gasteiger partial charge in [-0.1, -0.05) is 0 Å². The highest BCUT2D eigenvalue weighted by atomic mass is 32.2. The first-order valence-electron chi connectivity index (χ1n) is 9.36. The lowest BCUT2D eigenvalue weighted by Crippen LogP contribution is -2.55. The summed E-state index contributed by atoms with van der Waals surface area (Å²) < 4.78 is 66.7. The third-order valence-corrected chi connectivity index (χ3v) is 7.06. The molecule has 0 bridgehead atoms.